The van der Waals surface area contributed by atoms with Gasteiger partial charge < -0.3 is 5.32 Å². The van der Waals surface area contributed by atoms with Gasteiger partial charge in [-0.15, -0.1) is 11.8 Å². The fourth-order valence-corrected chi connectivity index (χ4v) is 3.96. The second-order valence-electron chi connectivity index (χ2n) is 4.65. The zero-order valence-corrected chi connectivity index (χ0v) is 11.6. The second-order valence-corrected chi connectivity index (χ2v) is 5.90. The van der Waals surface area contributed by atoms with Crippen LogP contribution in [0.4, 0.5) is 8.78 Å². The Hall–Kier alpha value is -0.610. The van der Waals surface area contributed by atoms with E-state index in [4.69, 9.17) is 0 Å². The molecule has 1 aliphatic rings. The summed E-state index contributed by atoms with van der Waals surface area (Å²) in [4.78, 5) is 0.502. The van der Waals surface area contributed by atoms with E-state index in [1.54, 1.807) is 0 Å². The summed E-state index contributed by atoms with van der Waals surface area (Å²) in [5, 5.41) is 3.60. The topological polar surface area (TPSA) is 12.0 Å². The molecule has 0 saturated heterocycles. The molecule has 2 unspecified atom stereocenters. The van der Waals surface area contributed by atoms with Crippen molar-refractivity contribution in [1.82, 2.24) is 5.32 Å². The zero-order chi connectivity index (χ0) is 13.1. The number of halogens is 2. The molecule has 1 nitrogen and oxygen atoms in total. The van der Waals surface area contributed by atoms with Crippen LogP contribution >= 0.6 is 11.8 Å². The van der Waals surface area contributed by atoms with Crippen LogP contribution in [0.25, 0.3) is 0 Å². The maximum atomic E-state index is 13.9. The molecule has 0 amide bonds. The first-order valence-corrected chi connectivity index (χ1v) is 7.44. The van der Waals surface area contributed by atoms with Crippen molar-refractivity contribution >= 4 is 11.8 Å². The van der Waals surface area contributed by atoms with Gasteiger partial charge in [0.15, 0.2) is 0 Å². The smallest absolute Gasteiger partial charge is 0.137 e. The normalized spacial score (nSPS) is 22.2. The Labute approximate surface area is 111 Å². The van der Waals surface area contributed by atoms with Gasteiger partial charge in [-0.2, -0.15) is 0 Å². The van der Waals surface area contributed by atoms with Gasteiger partial charge in [0.1, 0.15) is 11.6 Å². The fourth-order valence-electron chi connectivity index (χ4n) is 2.41. The third-order valence-corrected chi connectivity index (χ3v) is 4.70. The summed E-state index contributed by atoms with van der Waals surface area (Å²) in [7, 11) is 0. The van der Waals surface area contributed by atoms with E-state index in [-0.39, 0.29) is 22.9 Å². The first kappa shape index (κ1) is 13.8. The maximum absolute atomic E-state index is 13.9. The standard InChI is InChI=1S/C14H19F2NS/c1-3-5-11-13(17-8-4-2)12-9(15)6-7-10(16)14(12)18-11/h6-7,11,13,17H,3-5,8H2,1-2H3. The van der Waals surface area contributed by atoms with Crippen LogP contribution in [0.15, 0.2) is 17.0 Å². The molecule has 1 aromatic carbocycles. The molecule has 0 aromatic heterocycles. The molecule has 0 aliphatic carbocycles. The highest BCUT2D eigenvalue weighted by atomic mass is 32.2. The number of rotatable bonds is 5. The van der Waals surface area contributed by atoms with Gasteiger partial charge in [-0.1, -0.05) is 20.3 Å². The monoisotopic (exact) mass is 271 g/mol. The van der Waals surface area contributed by atoms with Gasteiger partial charge in [0.25, 0.3) is 0 Å². The van der Waals surface area contributed by atoms with Crippen LogP contribution in [0, 0.1) is 11.6 Å². The van der Waals surface area contributed by atoms with Gasteiger partial charge in [0.05, 0.1) is 4.90 Å². The van der Waals surface area contributed by atoms with Gasteiger partial charge >= 0.3 is 0 Å². The van der Waals surface area contributed by atoms with Gasteiger partial charge in [0.2, 0.25) is 0 Å². The van der Waals surface area contributed by atoms with Crippen LogP contribution in [-0.2, 0) is 0 Å². The van der Waals surface area contributed by atoms with Gasteiger partial charge in [-0.25, -0.2) is 8.78 Å². The van der Waals surface area contributed by atoms with E-state index in [9.17, 15) is 8.78 Å². The number of thioether (sulfide) groups is 1. The van der Waals surface area contributed by atoms with Crippen LogP contribution in [0.2, 0.25) is 0 Å². The Morgan fingerprint density at radius 3 is 2.56 bits per heavy atom. The molecule has 0 saturated carbocycles. The summed E-state index contributed by atoms with van der Waals surface area (Å²) < 4.78 is 27.7. The first-order chi connectivity index (χ1) is 8.69. The number of fused-ring (bicyclic) bond motifs is 1. The van der Waals surface area contributed by atoms with E-state index in [0.717, 1.165) is 25.8 Å². The SMILES string of the molecule is CCCNC1c2c(F)ccc(F)c2SC1CCC. The van der Waals surface area contributed by atoms with Gasteiger partial charge in [0, 0.05) is 16.9 Å². The molecule has 4 heteroatoms. The number of hydrogen-bond acceptors (Lipinski definition) is 2. The molecule has 2 rings (SSSR count). The number of hydrogen-bond donors (Lipinski definition) is 1. The lowest BCUT2D eigenvalue weighted by Gasteiger charge is -2.20. The minimum atomic E-state index is -0.293. The number of nitrogens with one attached hydrogen (secondary N) is 1. The Bertz CT molecular complexity index is 423. The van der Waals surface area contributed by atoms with Crippen molar-refractivity contribution in [3.05, 3.63) is 29.3 Å². The molecule has 0 bridgehead atoms. The van der Waals surface area contributed by atoms with Crippen molar-refractivity contribution < 1.29 is 8.78 Å². The first-order valence-electron chi connectivity index (χ1n) is 6.57. The fraction of sp³-hybridized carbons (Fsp3) is 0.571. The van der Waals surface area contributed by atoms with Crippen molar-refractivity contribution in [1.29, 1.82) is 0 Å². The van der Waals surface area contributed by atoms with Crippen molar-refractivity contribution in [3.8, 4) is 0 Å². The minimum absolute atomic E-state index is 0.0550. The Morgan fingerprint density at radius 1 is 1.17 bits per heavy atom. The van der Waals surface area contributed by atoms with Gasteiger partial charge in [-0.3, -0.25) is 0 Å². The largest absolute Gasteiger partial charge is 0.309 e. The molecule has 1 N–H and O–H groups in total. The van der Waals surface area contributed by atoms with E-state index in [1.807, 2.05) is 0 Å². The molecule has 0 spiro atoms. The lowest BCUT2D eigenvalue weighted by Crippen LogP contribution is -2.28. The quantitative estimate of drug-likeness (QED) is 0.858. The average Bonchev–Trinajstić information content (AvgIpc) is 2.72. The molecule has 0 radical (unpaired) electrons. The van der Waals surface area contributed by atoms with Crippen molar-refractivity contribution in [2.45, 2.75) is 49.3 Å². The summed E-state index contributed by atoms with van der Waals surface area (Å²) in [6.45, 7) is 5.01. The van der Waals surface area contributed by atoms with Crippen LogP contribution in [0.3, 0.4) is 0 Å². The van der Waals surface area contributed by atoms with E-state index in [0.29, 0.717) is 10.5 Å². The van der Waals surface area contributed by atoms with Gasteiger partial charge in [-0.05, 0) is 31.5 Å². The average molecular weight is 271 g/mol. The highest BCUT2D eigenvalue weighted by molar-refractivity contribution is 8.00. The molecule has 18 heavy (non-hydrogen) atoms. The van der Waals surface area contributed by atoms with Crippen LogP contribution < -0.4 is 5.32 Å². The Morgan fingerprint density at radius 2 is 1.89 bits per heavy atom. The molecule has 1 aromatic rings. The van der Waals surface area contributed by atoms with Crippen molar-refractivity contribution in [2.24, 2.45) is 0 Å². The van der Waals surface area contributed by atoms with Crippen LogP contribution in [-0.4, -0.2) is 11.8 Å². The summed E-state index contributed by atoms with van der Waals surface area (Å²) in [5.41, 5.74) is 0.534. The molecule has 0 fully saturated rings. The van der Waals surface area contributed by atoms with E-state index in [1.165, 1.54) is 23.9 Å². The van der Waals surface area contributed by atoms with E-state index < -0.39 is 0 Å². The van der Waals surface area contributed by atoms with Crippen molar-refractivity contribution in [2.75, 3.05) is 6.54 Å². The summed E-state index contributed by atoms with van der Waals surface area (Å²) in [6.07, 6.45) is 2.99. The van der Waals surface area contributed by atoms with Crippen LogP contribution in [0.5, 0.6) is 0 Å². The Balaban J connectivity index is 2.32. The predicted molar refractivity (Wildman–Crippen MR) is 71.9 cm³/mol. The highest BCUT2D eigenvalue weighted by Crippen LogP contribution is 2.48. The Kier molecular flexibility index (Phi) is 4.62. The van der Waals surface area contributed by atoms with Crippen molar-refractivity contribution in [3.63, 3.8) is 0 Å². The third kappa shape index (κ3) is 2.54. The summed E-state index contributed by atoms with van der Waals surface area (Å²) in [6, 6.07) is 2.41. The molecule has 2 atom stereocenters. The second kappa shape index (κ2) is 6.02. The molecular weight excluding hydrogens is 252 g/mol. The van der Waals surface area contributed by atoms with E-state index in [2.05, 4.69) is 19.2 Å². The minimum Gasteiger partial charge on any atom is -0.309 e. The zero-order valence-electron chi connectivity index (χ0n) is 10.8. The molecule has 1 aliphatic heterocycles. The predicted octanol–water partition coefficient (Wildman–Crippen LogP) is 4.28. The summed E-state index contributed by atoms with van der Waals surface area (Å²) >= 11 is 1.48. The third-order valence-electron chi connectivity index (χ3n) is 3.23. The van der Waals surface area contributed by atoms with E-state index >= 15 is 0 Å². The molecular formula is C14H19F2NS. The number of benzene rings is 1. The highest BCUT2D eigenvalue weighted by Gasteiger charge is 2.36. The molecule has 1 heterocycles. The lowest BCUT2D eigenvalue weighted by atomic mass is 10.00. The maximum Gasteiger partial charge on any atom is 0.137 e. The molecule has 100 valence electrons. The summed E-state index contributed by atoms with van der Waals surface area (Å²) in [5.74, 6) is -0.579. The lowest BCUT2D eigenvalue weighted by molar-refractivity contribution is 0.467. The van der Waals surface area contributed by atoms with Crippen LogP contribution in [0.1, 0.15) is 44.7 Å².